The minimum absolute atomic E-state index is 0.0585. The summed E-state index contributed by atoms with van der Waals surface area (Å²) in [6.45, 7) is 3.55. The fourth-order valence-electron chi connectivity index (χ4n) is 1.58. The molecule has 1 atom stereocenters. The summed E-state index contributed by atoms with van der Waals surface area (Å²) in [4.78, 5) is 13.8. The summed E-state index contributed by atoms with van der Waals surface area (Å²) in [5.74, 6) is -0.130. The predicted octanol–water partition coefficient (Wildman–Crippen LogP) is 0.676. The van der Waals surface area contributed by atoms with Crippen LogP contribution in [0.1, 0.15) is 13.8 Å². The van der Waals surface area contributed by atoms with E-state index in [1.54, 1.807) is 13.8 Å². The zero-order valence-electron chi connectivity index (χ0n) is 12.4. The van der Waals surface area contributed by atoms with Gasteiger partial charge in [0.15, 0.2) is 0 Å². The van der Waals surface area contributed by atoms with Gasteiger partial charge >= 0.3 is 5.97 Å². The molecule has 0 saturated carbocycles. The maximum Gasteiger partial charge on any atom is 0.324 e. The largest absolute Gasteiger partial charge is 0.497 e. The van der Waals surface area contributed by atoms with Crippen molar-refractivity contribution in [3.63, 3.8) is 0 Å². The molecule has 8 heteroatoms. The van der Waals surface area contributed by atoms with E-state index >= 15 is 0 Å². The molecular weight excluding hydrogens is 296 g/mol. The Bertz CT molecular complexity index is 569. The molecule has 0 heterocycles. The number of nitrogens with one attached hydrogen (secondary N) is 2. The molecule has 0 spiro atoms. The van der Waals surface area contributed by atoms with Crippen LogP contribution in [-0.4, -0.2) is 34.6 Å². The Morgan fingerprint density at radius 3 is 2.14 bits per heavy atom. The van der Waals surface area contributed by atoms with E-state index in [2.05, 4.69) is 15.0 Å². The molecule has 0 unspecified atom stereocenters. The molecule has 7 nitrogen and oxygen atoms in total. The molecule has 0 saturated heterocycles. The van der Waals surface area contributed by atoms with E-state index < -0.39 is 22.0 Å². The first-order valence-corrected chi connectivity index (χ1v) is 7.79. The van der Waals surface area contributed by atoms with E-state index in [4.69, 9.17) is 4.74 Å². The van der Waals surface area contributed by atoms with Crippen molar-refractivity contribution in [2.75, 3.05) is 14.2 Å². The molecule has 0 radical (unpaired) electrons. The lowest BCUT2D eigenvalue weighted by Crippen LogP contribution is -2.50. The number of sulfonamides is 1. The summed E-state index contributed by atoms with van der Waals surface area (Å²) in [7, 11) is -1.04. The minimum Gasteiger partial charge on any atom is -0.497 e. The normalized spacial score (nSPS) is 13.0. The molecule has 21 heavy (non-hydrogen) atoms. The second-order valence-electron chi connectivity index (χ2n) is 4.67. The average molecular weight is 316 g/mol. The maximum atomic E-state index is 12.1. The summed E-state index contributed by atoms with van der Waals surface area (Å²) in [5.41, 5.74) is 2.49. The van der Waals surface area contributed by atoms with Crippen molar-refractivity contribution in [3.8, 4) is 5.75 Å². The van der Waals surface area contributed by atoms with E-state index in [1.807, 2.05) is 0 Å². The molecule has 0 fully saturated rings. The molecule has 0 amide bonds. The molecule has 1 aromatic carbocycles. The fraction of sp³-hybridized carbons (Fsp3) is 0.462. The number of hydrazine groups is 1. The van der Waals surface area contributed by atoms with Gasteiger partial charge in [-0.3, -0.25) is 4.79 Å². The van der Waals surface area contributed by atoms with Gasteiger partial charge < -0.3 is 9.47 Å². The first-order chi connectivity index (χ1) is 9.81. The van der Waals surface area contributed by atoms with Gasteiger partial charge in [-0.05, 0) is 30.2 Å². The average Bonchev–Trinajstić information content (AvgIpc) is 2.46. The van der Waals surface area contributed by atoms with E-state index in [9.17, 15) is 13.2 Å². The number of carbonyl (C=O) groups excluding carboxylic acids is 1. The highest BCUT2D eigenvalue weighted by Crippen LogP contribution is 2.15. The van der Waals surface area contributed by atoms with Crippen molar-refractivity contribution in [2.24, 2.45) is 5.92 Å². The topological polar surface area (TPSA) is 93.7 Å². The van der Waals surface area contributed by atoms with Crippen molar-refractivity contribution in [2.45, 2.75) is 24.8 Å². The summed E-state index contributed by atoms with van der Waals surface area (Å²) in [6, 6.07) is 5.11. The van der Waals surface area contributed by atoms with Crippen LogP contribution in [-0.2, 0) is 19.6 Å². The second-order valence-corrected chi connectivity index (χ2v) is 6.35. The van der Waals surface area contributed by atoms with E-state index in [0.717, 1.165) is 0 Å². The number of rotatable bonds is 7. The molecule has 0 aliphatic heterocycles. The zero-order chi connectivity index (χ0) is 16.0. The van der Waals surface area contributed by atoms with Crippen molar-refractivity contribution in [1.82, 2.24) is 10.3 Å². The smallest absolute Gasteiger partial charge is 0.324 e. The highest BCUT2D eigenvalue weighted by molar-refractivity contribution is 7.89. The lowest BCUT2D eigenvalue weighted by molar-refractivity contribution is -0.144. The van der Waals surface area contributed by atoms with E-state index in [1.165, 1.54) is 38.5 Å². The molecular formula is C13H20N2O5S. The fourth-order valence-corrected chi connectivity index (χ4v) is 2.47. The van der Waals surface area contributed by atoms with Gasteiger partial charge in [0.25, 0.3) is 10.0 Å². The summed E-state index contributed by atoms with van der Waals surface area (Å²) in [5, 5.41) is 0. The van der Waals surface area contributed by atoms with Crippen LogP contribution in [0.5, 0.6) is 5.75 Å². The third kappa shape index (κ3) is 4.69. The highest BCUT2D eigenvalue weighted by atomic mass is 32.2. The Kier molecular flexibility index (Phi) is 6.13. The standard InChI is InChI=1S/C13H20N2O5S/c1-9(2)12(13(16)20-4)14-15-21(17,18)11-7-5-10(19-3)6-8-11/h5-9,12,14-15H,1-4H3/t12-/m1/s1. The number of hydrogen-bond acceptors (Lipinski definition) is 6. The Labute approximate surface area is 124 Å². The van der Waals surface area contributed by atoms with Gasteiger partial charge in [0, 0.05) is 0 Å². The van der Waals surface area contributed by atoms with Crippen LogP contribution in [0.2, 0.25) is 0 Å². The van der Waals surface area contributed by atoms with Crippen LogP contribution >= 0.6 is 0 Å². The van der Waals surface area contributed by atoms with Gasteiger partial charge in [0.1, 0.15) is 11.8 Å². The van der Waals surface area contributed by atoms with Gasteiger partial charge in [0.2, 0.25) is 0 Å². The number of esters is 1. The lowest BCUT2D eigenvalue weighted by atomic mass is 10.1. The third-order valence-electron chi connectivity index (χ3n) is 2.84. The van der Waals surface area contributed by atoms with Crippen LogP contribution in [0, 0.1) is 5.92 Å². The molecule has 1 aromatic rings. The van der Waals surface area contributed by atoms with Crippen LogP contribution in [0.4, 0.5) is 0 Å². The molecule has 118 valence electrons. The first kappa shape index (κ1) is 17.4. The molecule has 0 aromatic heterocycles. The van der Waals surface area contributed by atoms with Crippen LogP contribution < -0.4 is 15.0 Å². The second kappa shape index (κ2) is 7.39. The van der Waals surface area contributed by atoms with Crippen LogP contribution in [0.3, 0.4) is 0 Å². The van der Waals surface area contributed by atoms with Crippen LogP contribution in [0.15, 0.2) is 29.2 Å². The van der Waals surface area contributed by atoms with Gasteiger partial charge in [-0.25, -0.2) is 13.8 Å². The van der Waals surface area contributed by atoms with Crippen molar-refractivity contribution in [1.29, 1.82) is 0 Å². The highest BCUT2D eigenvalue weighted by Gasteiger charge is 2.25. The van der Waals surface area contributed by atoms with Gasteiger partial charge in [-0.1, -0.05) is 13.8 Å². The summed E-state index contributed by atoms with van der Waals surface area (Å²) >= 11 is 0. The number of ether oxygens (including phenoxy) is 2. The third-order valence-corrected chi connectivity index (χ3v) is 4.12. The quantitative estimate of drug-likeness (QED) is 0.567. The number of carbonyl (C=O) groups is 1. The lowest BCUT2D eigenvalue weighted by Gasteiger charge is -2.20. The zero-order valence-corrected chi connectivity index (χ0v) is 13.2. The molecule has 0 aliphatic rings. The minimum atomic E-state index is -3.78. The summed E-state index contributed by atoms with van der Waals surface area (Å²) < 4.78 is 33.8. The Hall–Kier alpha value is -1.64. The van der Waals surface area contributed by atoms with E-state index in [0.29, 0.717) is 5.75 Å². The molecule has 0 aliphatic carbocycles. The van der Waals surface area contributed by atoms with Gasteiger partial charge in [-0.2, -0.15) is 0 Å². The van der Waals surface area contributed by atoms with Crippen LogP contribution in [0.25, 0.3) is 0 Å². The Morgan fingerprint density at radius 1 is 1.14 bits per heavy atom. The van der Waals surface area contributed by atoms with Crippen molar-refractivity contribution < 1.29 is 22.7 Å². The number of methoxy groups -OCH3 is 2. The Balaban J connectivity index is 2.81. The van der Waals surface area contributed by atoms with Gasteiger partial charge in [0.05, 0.1) is 19.1 Å². The number of benzene rings is 1. The predicted molar refractivity (Wildman–Crippen MR) is 77.1 cm³/mol. The van der Waals surface area contributed by atoms with E-state index in [-0.39, 0.29) is 10.8 Å². The molecule has 1 rings (SSSR count). The molecule has 0 bridgehead atoms. The van der Waals surface area contributed by atoms with Crippen molar-refractivity contribution >= 4 is 16.0 Å². The Morgan fingerprint density at radius 2 is 1.71 bits per heavy atom. The monoisotopic (exact) mass is 316 g/mol. The first-order valence-electron chi connectivity index (χ1n) is 6.31. The van der Waals surface area contributed by atoms with Gasteiger partial charge in [-0.15, -0.1) is 4.83 Å². The maximum absolute atomic E-state index is 12.1. The SMILES string of the molecule is COC(=O)[C@H](NNS(=O)(=O)c1ccc(OC)cc1)C(C)C. The number of hydrogen-bond donors (Lipinski definition) is 2. The van der Waals surface area contributed by atoms with Crippen molar-refractivity contribution in [3.05, 3.63) is 24.3 Å². The molecule has 2 N–H and O–H groups in total. The summed E-state index contributed by atoms with van der Waals surface area (Å²) in [6.07, 6.45) is 0.